The minimum Gasteiger partial charge on any atom is -0.480 e. The van der Waals surface area contributed by atoms with Gasteiger partial charge in [0.1, 0.15) is 5.82 Å². The lowest BCUT2D eigenvalue weighted by Gasteiger charge is -2.42. The van der Waals surface area contributed by atoms with Gasteiger partial charge in [0.2, 0.25) is 0 Å². The van der Waals surface area contributed by atoms with Crippen LogP contribution in [-0.2, 0) is 4.79 Å². The number of benzene rings is 1. The van der Waals surface area contributed by atoms with Crippen molar-refractivity contribution < 1.29 is 19.1 Å². The zero-order valence-corrected chi connectivity index (χ0v) is 12.9. The second kappa shape index (κ2) is 7.07. The summed E-state index contributed by atoms with van der Waals surface area (Å²) in [7, 11) is 0. The molecule has 120 valence electrons. The second-order valence-electron chi connectivity index (χ2n) is 5.38. The number of hydrogen-bond donors (Lipinski definition) is 2. The molecule has 1 aliphatic carbocycles. The molecule has 0 radical (unpaired) electrons. The molecule has 2 N–H and O–H groups in total. The average Bonchev–Trinajstić information content (AvgIpc) is 2.42. The number of amides is 1. The number of carbonyl (C=O) groups is 2. The van der Waals surface area contributed by atoms with Crippen molar-refractivity contribution in [3.05, 3.63) is 34.6 Å². The minimum atomic E-state index is -0.865. The van der Waals surface area contributed by atoms with Gasteiger partial charge in [0, 0.05) is 17.1 Å². The topological polar surface area (TPSA) is 69.6 Å². The highest BCUT2D eigenvalue weighted by molar-refractivity contribution is 6.31. The lowest BCUT2D eigenvalue weighted by molar-refractivity contribution is -0.139. The highest BCUT2D eigenvalue weighted by atomic mass is 35.5. The van der Waals surface area contributed by atoms with Crippen LogP contribution in [0, 0.1) is 5.82 Å². The van der Waals surface area contributed by atoms with Crippen LogP contribution < -0.4 is 5.32 Å². The summed E-state index contributed by atoms with van der Waals surface area (Å²) in [6.07, 6.45) is 1.32. The van der Waals surface area contributed by atoms with Crippen LogP contribution in [0.1, 0.15) is 30.1 Å². The van der Waals surface area contributed by atoms with Crippen LogP contribution in [0.3, 0.4) is 0 Å². The molecule has 1 fully saturated rings. The first-order valence-electron chi connectivity index (χ1n) is 7.12. The van der Waals surface area contributed by atoms with Crippen molar-refractivity contribution in [3.63, 3.8) is 0 Å². The van der Waals surface area contributed by atoms with Gasteiger partial charge in [-0.05, 0) is 37.6 Å². The average molecular weight is 329 g/mol. The number of nitrogens with one attached hydrogen (secondary N) is 1. The van der Waals surface area contributed by atoms with E-state index in [1.807, 2.05) is 11.8 Å². The Bertz CT molecular complexity index is 576. The molecule has 1 aliphatic rings. The van der Waals surface area contributed by atoms with Gasteiger partial charge in [-0.2, -0.15) is 0 Å². The van der Waals surface area contributed by atoms with Gasteiger partial charge in [-0.3, -0.25) is 14.5 Å². The van der Waals surface area contributed by atoms with E-state index >= 15 is 0 Å². The SMILES string of the molecule is CCN(CC(=O)O)C1CC(NC(=O)c2cc(Cl)ccc2F)C1. The van der Waals surface area contributed by atoms with Crippen molar-refractivity contribution in [2.24, 2.45) is 0 Å². The molecule has 1 aromatic carbocycles. The van der Waals surface area contributed by atoms with Crippen LogP contribution in [0.2, 0.25) is 5.02 Å². The molecule has 7 heteroatoms. The molecule has 1 saturated carbocycles. The fourth-order valence-corrected chi connectivity index (χ4v) is 2.78. The minimum absolute atomic E-state index is 0.00917. The van der Waals surface area contributed by atoms with Gasteiger partial charge in [-0.25, -0.2) is 4.39 Å². The van der Waals surface area contributed by atoms with Crippen LogP contribution >= 0.6 is 11.6 Å². The summed E-state index contributed by atoms with van der Waals surface area (Å²) < 4.78 is 13.6. The third-order valence-electron chi connectivity index (χ3n) is 3.88. The van der Waals surface area contributed by atoms with Crippen molar-refractivity contribution in [1.29, 1.82) is 0 Å². The van der Waals surface area contributed by atoms with Gasteiger partial charge in [-0.1, -0.05) is 18.5 Å². The molecule has 0 unspecified atom stereocenters. The van der Waals surface area contributed by atoms with E-state index < -0.39 is 17.7 Å². The van der Waals surface area contributed by atoms with Crippen LogP contribution in [0.5, 0.6) is 0 Å². The fraction of sp³-hybridized carbons (Fsp3) is 0.467. The number of carboxylic acids is 1. The second-order valence-corrected chi connectivity index (χ2v) is 5.81. The Labute approximate surface area is 133 Å². The van der Waals surface area contributed by atoms with Crippen molar-refractivity contribution in [1.82, 2.24) is 10.2 Å². The Morgan fingerprint density at radius 1 is 1.45 bits per heavy atom. The molecule has 0 atom stereocenters. The maximum absolute atomic E-state index is 13.6. The number of aliphatic carboxylic acids is 1. The first-order valence-corrected chi connectivity index (χ1v) is 7.50. The summed E-state index contributed by atoms with van der Waals surface area (Å²) in [5.41, 5.74) is -0.0752. The molecule has 0 spiro atoms. The maximum atomic E-state index is 13.6. The summed E-state index contributed by atoms with van der Waals surface area (Å²) in [5.74, 6) is -1.97. The predicted molar refractivity (Wildman–Crippen MR) is 80.6 cm³/mol. The van der Waals surface area contributed by atoms with Gasteiger partial charge >= 0.3 is 5.97 Å². The van der Waals surface area contributed by atoms with Gasteiger partial charge in [0.25, 0.3) is 5.91 Å². The van der Waals surface area contributed by atoms with E-state index in [9.17, 15) is 14.0 Å². The Hall–Kier alpha value is -1.66. The largest absolute Gasteiger partial charge is 0.480 e. The van der Waals surface area contributed by atoms with E-state index in [-0.39, 0.29) is 24.2 Å². The van der Waals surface area contributed by atoms with Gasteiger partial charge in [0.15, 0.2) is 0 Å². The Morgan fingerprint density at radius 3 is 2.73 bits per heavy atom. The van der Waals surface area contributed by atoms with E-state index in [2.05, 4.69) is 5.32 Å². The number of hydrogen-bond acceptors (Lipinski definition) is 3. The zero-order valence-electron chi connectivity index (χ0n) is 12.2. The van der Waals surface area contributed by atoms with Gasteiger partial charge < -0.3 is 10.4 Å². The lowest BCUT2D eigenvalue weighted by atomic mass is 9.85. The number of halogens is 2. The predicted octanol–water partition coefficient (Wildman–Crippen LogP) is 2.15. The normalized spacial score (nSPS) is 20.5. The van der Waals surface area contributed by atoms with Crippen LogP contribution in [0.15, 0.2) is 18.2 Å². The highest BCUT2D eigenvalue weighted by Crippen LogP contribution is 2.26. The highest BCUT2D eigenvalue weighted by Gasteiger charge is 2.35. The third-order valence-corrected chi connectivity index (χ3v) is 4.12. The standard InChI is InChI=1S/C15H18ClFN2O3/c1-2-19(8-14(20)21)11-6-10(7-11)18-15(22)12-5-9(16)3-4-13(12)17/h3-5,10-11H,2,6-8H2,1H3,(H,18,22)(H,20,21). The summed E-state index contributed by atoms with van der Waals surface area (Å²) in [4.78, 5) is 24.6. The van der Waals surface area contributed by atoms with Gasteiger partial charge in [-0.15, -0.1) is 0 Å². The van der Waals surface area contributed by atoms with Crippen LogP contribution in [0.25, 0.3) is 0 Å². The molecule has 5 nitrogen and oxygen atoms in total. The first kappa shape index (κ1) is 16.7. The van der Waals surface area contributed by atoms with Crippen molar-refractivity contribution in [2.45, 2.75) is 31.8 Å². The van der Waals surface area contributed by atoms with E-state index in [1.165, 1.54) is 12.1 Å². The monoisotopic (exact) mass is 328 g/mol. The molecular formula is C15H18ClFN2O3. The van der Waals surface area contributed by atoms with E-state index in [4.69, 9.17) is 16.7 Å². The molecular weight excluding hydrogens is 311 g/mol. The van der Waals surface area contributed by atoms with E-state index in [0.29, 0.717) is 24.4 Å². The molecule has 1 amide bonds. The number of nitrogens with zero attached hydrogens (tertiary/aromatic N) is 1. The zero-order chi connectivity index (χ0) is 16.3. The number of likely N-dealkylation sites (N-methyl/N-ethyl adjacent to an activating group) is 1. The fourth-order valence-electron chi connectivity index (χ4n) is 2.61. The summed E-state index contributed by atoms with van der Waals surface area (Å²) in [5, 5.41) is 11.9. The van der Waals surface area contributed by atoms with E-state index in [0.717, 1.165) is 6.07 Å². The Morgan fingerprint density at radius 2 is 2.14 bits per heavy atom. The molecule has 2 rings (SSSR count). The molecule has 0 bridgehead atoms. The number of rotatable bonds is 6. The van der Waals surface area contributed by atoms with Crippen LogP contribution in [-0.4, -0.2) is 47.1 Å². The molecule has 1 aromatic rings. The molecule has 0 aromatic heterocycles. The summed E-state index contributed by atoms with van der Waals surface area (Å²) in [6.45, 7) is 2.53. The van der Waals surface area contributed by atoms with Crippen LogP contribution in [0.4, 0.5) is 4.39 Å². The van der Waals surface area contributed by atoms with Crippen molar-refractivity contribution in [2.75, 3.05) is 13.1 Å². The number of carbonyl (C=O) groups excluding carboxylic acids is 1. The summed E-state index contributed by atoms with van der Waals surface area (Å²) >= 11 is 5.77. The molecule has 0 saturated heterocycles. The quantitative estimate of drug-likeness (QED) is 0.839. The van der Waals surface area contributed by atoms with Crippen molar-refractivity contribution >= 4 is 23.5 Å². The Kier molecular flexibility index (Phi) is 5.37. The maximum Gasteiger partial charge on any atom is 0.317 e. The molecule has 22 heavy (non-hydrogen) atoms. The first-order chi connectivity index (χ1) is 10.4. The molecule has 0 aliphatic heterocycles. The van der Waals surface area contributed by atoms with Crippen molar-refractivity contribution in [3.8, 4) is 0 Å². The lowest BCUT2D eigenvalue weighted by Crippen LogP contribution is -2.54. The molecule has 0 heterocycles. The smallest absolute Gasteiger partial charge is 0.317 e. The third kappa shape index (κ3) is 3.96. The number of carboxylic acid groups (broad SMARTS) is 1. The van der Waals surface area contributed by atoms with Gasteiger partial charge in [0.05, 0.1) is 12.1 Å². The Balaban J connectivity index is 1.88. The summed E-state index contributed by atoms with van der Waals surface area (Å²) in [6, 6.07) is 3.91. The van der Waals surface area contributed by atoms with E-state index in [1.54, 1.807) is 0 Å².